The molecule has 2 heterocycles. The molecule has 2 aromatic rings. The van der Waals surface area contributed by atoms with E-state index in [1.54, 1.807) is 18.4 Å². The van der Waals surface area contributed by atoms with Crippen molar-refractivity contribution in [3.8, 4) is 5.75 Å². The Morgan fingerprint density at radius 2 is 1.94 bits per heavy atom. The molecular formula is C25H27NO4S. The van der Waals surface area contributed by atoms with Crippen LogP contribution in [-0.4, -0.2) is 25.0 Å². The first-order valence-electron chi connectivity index (χ1n) is 10.5. The summed E-state index contributed by atoms with van der Waals surface area (Å²) in [5.74, 6) is 0.114. The monoisotopic (exact) mass is 437 g/mol. The lowest BCUT2D eigenvalue weighted by Gasteiger charge is -2.36. The van der Waals surface area contributed by atoms with Gasteiger partial charge in [-0.2, -0.15) is 0 Å². The number of hydrogen-bond acceptors (Lipinski definition) is 6. The van der Waals surface area contributed by atoms with Gasteiger partial charge in [-0.1, -0.05) is 24.3 Å². The van der Waals surface area contributed by atoms with Crippen LogP contribution in [0.1, 0.15) is 55.9 Å². The van der Waals surface area contributed by atoms with E-state index in [2.05, 4.69) is 5.32 Å². The van der Waals surface area contributed by atoms with Gasteiger partial charge in [0.15, 0.2) is 5.78 Å². The number of methoxy groups -OCH3 is 1. The highest BCUT2D eigenvalue weighted by molar-refractivity contribution is 7.10. The van der Waals surface area contributed by atoms with Gasteiger partial charge in [0.25, 0.3) is 0 Å². The van der Waals surface area contributed by atoms with Gasteiger partial charge < -0.3 is 14.8 Å². The molecule has 5 nitrogen and oxygen atoms in total. The Hall–Kier alpha value is -2.86. The summed E-state index contributed by atoms with van der Waals surface area (Å²) in [6.45, 7) is 5.55. The summed E-state index contributed by atoms with van der Waals surface area (Å²) in [7, 11) is 1.65. The quantitative estimate of drug-likeness (QED) is 0.662. The van der Waals surface area contributed by atoms with Gasteiger partial charge in [0, 0.05) is 34.2 Å². The van der Waals surface area contributed by atoms with Gasteiger partial charge in [-0.05, 0) is 50.3 Å². The van der Waals surface area contributed by atoms with Crippen molar-refractivity contribution in [3.63, 3.8) is 0 Å². The lowest BCUT2D eigenvalue weighted by molar-refractivity contribution is -0.143. The molecule has 0 saturated heterocycles. The number of carbonyl (C=O) groups excluding carboxylic acids is 2. The lowest BCUT2D eigenvalue weighted by atomic mass is 9.73. The van der Waals surface area contributed by atoms with Crippen LogP contribution in [0.3, 0.4) is 0 Å². The Labute approximate surface area is 186 Å². The minimum absolute atomic E-state index is 0.0239. The average Bonchev–Trinajstić information content (AvgIpc) is 3.26. The first-order valence-corrected chi connectivity index (χ1v) is 11.4. The molecule has 0 saturated carbocycles. The second kappa shape index (κ2) is 8.71. The number of carbonyl (C=O) groups is 2. The number of para-hydroxylation sites is 1. The Morgan fingerprint density at radius 3 is 2.61 bits per heavy atom. The molecule has 1 aromatic carbocycles. The van der Waals surface area contributed by atoms with Crippen molar-refractivity contribution in [1.82, 2.24) is 5.32 Å². The van der Waals surface area contributed by atoms with Gasteiger partial charge in [0.05, 0.1) is 24.7 Å². The normalized spacial score (nSPS) is 21.1. The maximum atomic E-state index is 13.5. The van der Waals surface area contributed by atoms with Gasteiger partial charge in [-0.25, -0.2) is 4.79 Å². The number of rotatable bonds is 5. The maximum Gasteiger partial charge on any atom is 0.337 e. The van der Waals surface area contributed by atoms with E-state index in [0.29, 0.717) is 24.0 Å². The molecule has 0 bridgehead atoms. The van der Waals surface area contributed by atoms with Crippen molar-refractivity contribution in [3.05, 3.63) is 74.8 Å². The van der Waals surface area contributed by atoms with Gasteiger partial charge in [-0.15, -0.1) is 11.3 Å². The van der Waals surface area contributed by atoms with Crippen LogP contribution in [0, 0.1) is 0 Å². The van der Waals surface area contributed by atoms with E-state index in [0.717, 1.165) is 27.6 Å². The van der Waals surface area contributed by atoms with Crippen molar-refractivity contribution in [2.45, 2.75) is 51.6 Å². The summed E-state index contributed by atoms with van der Waals surface area (Å²) < 4.78 is 11.1. The molecule has 1 aliphatic carbocycles. The zero-order chi connectivity index (χ0) is 22.1. The van der Waals surface area contributed by atoms with Crippen molar-refractivity contribution in [1.29, 1.82) is 0 Å². The van der Waals surface area contributed by atoms with Crippen LogP contribution in [0.25, 0.3) is 0 Å². The van der Waals surface area contributed by atoms with Crippen LogP contribution < -0.4 is 10.1 Å². The summed E-state index contributed by atoms with van der Waals surface area (Å²) in [5.41, 5.74) is 3.89. The molecule has 1 aliphatic heterocycles. The summed E-state index contributed by atoms with van der Waals surface area (Å²) in [5, 5.41) is 5.36. The molecule has 0 fully saturated rings. The standard InChI is InChI=1S/C25H27NO4S/c1-14(2)30-25(28)22-15(3)26-18-12-16(17-8-5-6-9-20(17)29-4)13-19(27)23(18)24(22)21-10-7-11-31-21/h5-11,14,16,24,26H,12-13H2,1-4H3/t16-,24+/m1/s1. The molecule has 2 aliphatic rings. The minimum Gasteiger partial charge on any atom is -0.496 e. The predicted octanol–water partition coefficient (Wildman–Crippen LogP) is 5.07. The number of ketones is 1. The summed E-state index contributed by atoms with van der Waals surface area (Å²) in [6.07, 6.45) is 0.839. The van der Waals surface area contributed by atoms with Crippen molar-refractivity contribution in [2.75, 3.05) is 7.11 Å². The topological polar surface area (TPSA) is 64.6 Å². The summed E-state index contributed by atoms with van der Waals surface area (Å²) in [4.78, 5) is 27.5. The third-order valence-corrected chi connectivity index (χ3v) is 6.73. The number of allylic oxidation sites excluding steroid dienone is 3. The van der Waals surface area contributed by atoms with Crippen LogP contribution in [0.5, 0.6) is 5.75 Å². The highest BCUT2D eigenvalue weighted by Crippen LogP contribution is 2.47. The molecule has 2 atom stereocenters. The Bertz CT molecular complexity index is 1060. The van der Waals surface area contributed by atoms with E-state index >= 15 is 0 Å². The Balaban J connectivity index is 1.76. The van der Waals surface area contributed by atoms with Crippen LogP contribution in [0.2, 0.25) is 0 Å². The van der Waals surface area contributed by atoms with Crippen molar-refractivity contribution < 1.29 is 19.1 Å². The molecule has 6 heteroatoms. The third-order valence-electron chi connectivity index (χ3n) is 5.80. The van der Waals surface area contributed by atoms with E-state index in [-0.39, 0.29) is 23.8 Å². The van der Waals surface area contributed by atoms with E-state index in [9.17, 15) is 9.59 Å². The number of esters is 1. The van der Waals surface area contributed by atoms with Crippen molar-refractivity contribution >= 4 is 23.1 Å². The number of dihydropyridines is 1. The van der Waals surface area contributed by atoms with E-state index < -0.39 is 5.92 Å². The fourth-order valence-corrected chi connectivity index (χ4v) is 5.39. The molecule has 1 N–H and O–H groups in total. The third kappa shape index (κ3) is 4.04. The van der Waals surface area contributed by atoms with Gasteiger partial charge >= 0.3 is 5.97 Å². The number of nitrogens with one attached hydrogen (secondary N) is 1. The molecule has 0 unspecified atom stereocenters. The number of thiophene rings is 1. The summed E-state index contributed by atoms with van der Waals surface area (Å²) >= 11 is 1.56. The van der Waals surface area contributed by atoms with Gasteiger partial charge in [0.1, 0.15) is 5.75 Å². The van der Waals surface area contributed by atoms with Gasteiger partial charge in [0.2, 0.25) is 0 Å². The molecule has 0 radical (unpaired) electrons. The zero-order valence-electron chi connectivity index (χ0n) is 18.2. The smallest absolute Gasteiger partial charge is 0.337 e. The predicted molar refractivity (Wildman–Crippen MR) is 121 cm³/mol. The first kappa shape index (κ1) is 21.4. The SMILES string of the molecule is COc1ccccc1[C@H]1CC(=O)C2=C(C1)NC(C)=C(C(=O)OC(C)C)[C@@H]2c1cccs1. The highest BCUT2D eigenvalue weighted by Gasteiger charge is 2.42. The largest absolute Gasteiger partial charge is 0.496 e. The molecule has 31 heavy (non-hydrogen) atoms. The number of benzene rings is 1. The molecule has 4 rings (SSSR count). The second-order valence-electron chi connectivity index (χ2n) is 8.23. The highest BCUT2D eigenvalue weighted by atomic mass is 32.1. The molecule has 0 amide bonds. The van der Waals surface area contributed by atoms with E-state index in [1.807, 2.05) is 62.5 Å². The Morgan fingerprint density at radius 1 is 1.16 bits per heavy atom. The minimum atomic E-state index is -0.395. The van der Waals surface area contributed by atoms with Crippen LogP contribution >= 0.6 is 11.3 Å². The molecule has 162 valence electrons. The first-order chi connectivity index (χ1) is 14.9. The van der Waals surface area contributed by atoms with Crippen LogP contribution in [0.4, 0.5) is 0 Å². The summed E-state index contributed by atoms with van der Waals surface area (Å²) in [6, 6.07) is 11.8. The fraction of sp³-hybridized carbons (Fsp3) is 0.360. The number of hydrogen-bond donors (Lipinski definition) is 1. The number of Topliss-reactive ketones (excluding diaryl/α,β-unsaturated/α-hetero) is 1. The van der Waals surface area contributed by atoms with Crippen molar-refractivity contribution in [2.24, 2.45) is 0 Å². The Kier molecular flexibility index (Phi) is 6.01. The van der Waals surface area contributed by atoms with Gasteiger partial charge in [-0.3, -0.25) is 4.79 Å². The second-order valence-corrected chi connectivity index (χ2v) is 9.21. The number of ether oxygens (including phenoxy) is 2. The molecular weight excluding hydrogens is 410 g/mol. The van der Waals surface area contributed by atoms with E-state index in [4.69, 9.17) is 9.47 Å². The zero-order valence-corrected chi connectivity index (χ0v) is 19.0. The maximum absolute atomic E-state index is 13.5. The average molecular weight is 438 g/mol. The molecule has 0 spiro atoms. The van der Waals surface area contributed by atoms with Crippen LogP contribution in [0.15, 0.2) is 64.3 Å². The lowest BCUT2D eigenvalue weighted by Crippen LogP contribution is -2.36. The fourth-order valence-electron chi connectivity index (χ4n) is 4.55. The van der Waals surface area contributed by atoms with Crippen LogP contribution in [-0.2, 0) is 14.3 Å². The molecule has 1 aromatic heterocycles. The van der Waals surface area contributed by atoms with E-state index in [1.165, 1.54) is 0 Å².